The van der Waals surface area contributed by atoms with Crippen molar-refractivity contribution >= 4 is 11.6 Å². The maximum atomic E-state index is 5.18. The number of ether oxygens (including phenoxy) is 1. The van der Waals surface area contributed by atoms with Crippen LogP contribution >= 0.6 is 0 Å². The zero-order valence-electron chi connectivity index (χ0n) is 9.81. The van der Waals surface area contributed by atoms with E-state index in [0.717, 1.165) is 31.3 Å². The summed E-state index contributed by atoms with van der Waals surface area (Å²) in [4.78, 5) is 10.9. The first-order chi connectivity index (χ1) is 7.83. The number of methoxy groups -OCH3 is 1. The molecule has 0 aliphatic carbocycles. The lowest BCUT2D eigenvalue weighted by Crippen LogP contribution is -2.22. The van der Waals surface area contributed by atoms with Gasteiger partial charge in [0.2, 0.25) is 0 Å². The smallest absolute Gasteiger partial charge is 0.149 e. The largest absolute Gasteiger partial charge is 0.384 e. The summed E-state index contributed by atoms with van der Waals surface area (Å²) >= 11 is 0. The number of rotatable bonds is 4. The molecule has 0 saturated carbocycles. The predicted molar refractivity (Wildman–Crippen MR) is 63.8 cm³/mol. The molecule has 0 radical (unpaired) electrons. The molecule has 1 fully saturated rings. The molecule has 5 heteroatoms. The molecule has 1 saturated heterocycles. The van der Waals surface area contributed by atoms with Crippen LogP contribution in [0.4, 0.5) is 11.6 Å². The molecule has 1 aliphatic heterocycles. The van der Waals surface area contributed by atoms with Gasteiger partial charge in [0.05, 0.1) is 19.0 Å². The monoisotopic (exact) mass is 222 g/mol. The number of aromatic nitrogens is 2. The van der Waals surface area contributed by atoms with Crippen molar-refractivity contribution in [2.45, 2.75) is 6.42 Å². The molecule has 16 heavy (non-hydrogen) atoms. The molecular formula is C11H18N4O. The fraction of sp³-hybridized carbons (Fsp3) is 0.636. The molecule has 0 spiro atoms. The summed E-state index contributed by atoms with van der Waals surface area (Å²) in [7, 11) is 3.61. The van der Waals surface area contributed by atoms with Crippen molar-refractivity contribution in [3.8, 4) is 0 Å². The third-order valence-electron chi connectivity index (χ3n) is 2.89. The van der Waals surface area contributed by atoms with E-state index in [1.54, 1.807) is 13.3 Å². The van der Waals surface area contributed by atoms with Crippen LogP contribution in [-0.2, 0) is 4.74 Å². The summed E-state index contributed by atoms with van der Waals surface area (Å²) < 4.78 is 5.18. The average Bonchev–Trinajstić information content (AvgIpc) is 2.78. The zero-order valence-corrected chi connectivity index (χ0v) is 9.81. The Hall–Kier alpha value is -1.36. The summed E-state index contributed by atoms with van der Waals surface area (Å²) in [6.07, 6.45) is 4.71. The third-order valence-corrected chi connectivity index (χ3v) is 2.89. The van der Waals surface area contributed by atoms with Crippen molar-refractivity contribution in [2.24, 2.45) is 5.92 Å². The highest BCUT2D eigenvalue weighted by Crippen LogP contribution is 2.22. The van der Waals surface area contributed by atoms with Crippen molar-refractivity contribution in [2.75, 3.05) is 44.1 Å². The van der Waals surface area contributed by atoms with E-state index >= 15 is 0 Å². The maximum absolute atomic E-state index is 5.18. The molecule has 1 unspecified atom stereocenters. The lowest BCUT2D eigenvalue weighted by atomic mass is 10.1. The van der Waals surface area contributed by atoms with Crippen LogP contribution in [-0.4, -0.2) is 43.8 Å². The van der Waals surface area contributed by atoms with Gasteiger partial charge in [0.25, 0.3) is 0 Å². The molecular weight excluding hydrogens is 204 g/mol. The van der Waals surface area contributed by atoms with Gasteiger partial charge >= 0.3 is 0 Å². The van der Waals surface area contributed by atoms with Gasteiger partial charge < -0.3 is 15.0 Å². The third kappa shape index (κ3) is 2.41. The topological polar surface area (TPSA) is 50.3 Å². The van der Waals surface area contributed by atoms with E-state index < -0.39 is 0 Å². The molecule has 0 aromatic carbocycles. The second-order valence-electron chi connectivity index (χ2n) is 4.07. The van der Waals surface area contributed by atoms with E-state index in [-0.39, 0.29) is 0 Å². The van der Waals surface area contributed by atoms with E-state index in [4.69, 9.17) is 4.74 Å². The summed E-state index contributed by atoms with van der Waals surface area (Å²) in [6.45, 7) is 2.88. The van der Waals surface area contributed by atoms with E-state index in [9.17, 15) is 0 Å². The minimum atomic E-state index is 0.616. The molecule has 1 atom stereocenters. The van der Waals surface area contributed by atoms with Crippen molar-refractivity contribution in [3.05, 3.63) is 12.4 Å². The van der Waals surface area contributed by atoms with E-state index in [2.05, 4.69) is 20.2 Å². The number of nitrogens with one attached hydrogen (secondary N) is 1. The average molecular weight is 222 g/mol. The first kappa shape index (κ1) is 11.1. The second-order valence-corrected chi connectivity index (χ2v) is 4.07. The van der Waals surface area contributed by atoms with Crippen molar-refractivity contribution in [1.82, 2.24) is 9.97 Å². The summed E-state index contributed by atoms with van der Waals surface area (Å²) in [5, 5.41) is 3.00. The standard InChI is InChI=1S/C11H18N4O/c1-12-10-5-13-6-11(14-10)15-4-3-9(7-15)8-16-2/h5-6,9H,3-4,7-8H2,1-2H3,(H,12,14). The molecule has 0 bridgehead atoms. The van der Waals surface area contributed by atoms with E-state index in [1.165, 1.54) is 6.42 Å². The van der Waals surface area contributed by atoms with E-state index in [1.807, 2.05) is 13.2 Å². The summed E-state index contributed by atoms with van der Waals surface area (Å²) in [6, 6.07) is 0. The molecule has 1 aromatic rings. The number of nitrogens with zero attached hydrogens (tertiary/aromatic N) is 3. The van der Waals surface area contributed by atoms with Gasteiger partial charge in [-0.2, -0.15) is 0 Å². The highest BCUT2D eigenvalue weighted by Gasteiger charge is 2.23. The Morgan fingerprint density at radius 1 is 1.56 bits per heavy atom. The van der Waals surface area contributed by atoms with Gasteiger partial charge in [0.1, 0.15) is 11.6 Å². The highest BCUT2D eigenvalue weighted by molar-refractivity contribution is 5.44. The molecule has 5 nitrogen and oxygen atoms in total. The van der Waals surface area contributed by atoms with Crippen LogP contribution in [0.3, 0.4) is 0 Å². The van der Waals surface area contributed by atoms with Gasteiger partial charge in [-0.1, -0.05) is 0 Å². The van der Waals surface area contributed by atoms with Crippen molar-refractivity contribution < 1.29 is 4.74 Å². The fourth-order valence-electron chi connectivity index (χ4n) is 2.04. The molecule has 1 aliphatic rings. The Morgan fingerprint density at radius 3 is 3.19 bits per heavy atom. The molecule has 1 aromatic heterocycles. The highest BCUT2D eigenvalue weighted by atomic mass is 16.5. The van der Waals surface area contributed by atoms with Gasteiger partial charge in [0, 0.05) is 33.2 Å². The lowest BCUT2D eigenvalue weighted by Gasteiger charge is -2.17. The molecule has 1 N–H and O–H groups in total. The Morgan fingerprint density at radius 2 is 2.44 bits per heavy atom. The zero-order chi connectivity index (χ0) is 11.4. The predicted octanol–water partition coefficient (Wildman–Crippen LogP) is 0.991. The van der Waals surface area contributed by atoms with Crippen LogP contribution in [0.15, 0.2) is 12.4 Å². The molecule has 2 heterocycles. The van der Waals surface area contributed by atoms with Crippen LogP contribution in [0.5, 0.6) is 0 Å². The lowest BCUT2D eigenvalue weighted by molar-refractivity contribution is 0.161. The van der Waals surface area contributed by atoms with Crippen LogP contribution in [0, 0.1) is 5.92 Å². The van der Waals surface area contributed by atoms with Crippen LogP contribution in [0.25, 0.3) is 0 Å². The van der Waals surface area contributed by atoms with Crippen LogP contribution in [0.2, 0.25) is 0 Å². The van der Waals surface area contributed by atoms with E-state index in [0.29, 0.717) is 5.92 Å². The summed E-state index contributed by atoms with van der Waals surface area (Å²) in [5.74, 6) is 2.38. The van der Waals surface area contributed by atoms with Crippen LogP contribution < -0.4 is 10.2 Å². The van der Waals surface area contributed by atoms with Gasteiger partial charge in [-0.3, -0.25) is 4.98 Å². The first-order valence-corrected chi connectivity index (χ1v) is 5.57. The van der Waals surface area contributed by atoms with Gasteiger partial charge in [-0.25, -0.2) is 4.98 Å². The number of hydrogen-bond donors (Lipinski definition) is 1. The number of anilines is 2. The molecule has 2 rings (SSSR count). The maximum Gasteiger partial charge on any atom is 0.149 e. The minimum absolute atomic E-state index is 0.616. The summed E-state index contributed by atoms with van der Waals surface area (Å²) in [5.41, 5.74) is 0. The van der Waals surface area contributed by atoms with Crippen LogP contribution in [0.1, 0.15) is 6.42 Å². The quantitative estimate of drug-likeness (QED) is 0.823. The number of hydrogen-bond acceptors (Lipinski definition) is 5. The SMILES string of the molecule is CNc1cncc(N2CCC(COC)C2)n1. The Kier molecular flexibility index (Phi) is 3.56. The normalized spacial score (nSPS) is 20.1. The molecule has 0 amide bonds. The second kappa shape index (κ2) is 5.12. The van der Waals surface area contributed by atoms with Gasteiger partial charge in [-0.15, -0.1) is 0 Å². The Bertz CT molecular complexity index is 345. The minimum Gasteiger partial charge on any atom is -0.384 e. The van der Waals surface area contributed by atoms with Gasteiger partial charge in [-0.05, 0) is 6.42 Å². The fourth-order valence-corrected chi connectivity index (χ4v) is 2.04. The molecule has 88 valence electrons. The van der Waals surface area contributed by atoms with Gasteiger partial charge in [0.15, 0.2) is 0 Å². The Balaban J connectivity index is 2.02. The van der Waals surface area contributed by atoms with Crippen molar-refractivity contribution in [1.29, 1.82) is 0 Å². The van der Waals surface area contributed by atoms with Crippen molar-refractivity contribution in [3.63, 3.8) is 0 Å². The first-order valence-electron chi connectivity index (χ1n) is 5.57. The Labute approximate surface area is 95.8 Å².